The molecular weight excluding hydrogens is 441 g/mol. The quantitative estimate of drug-likeness (QED) is 0.361. The van der Waals surface area contributed by atoms with Gasteiger partial charge < -0.3 is 16.0 Å². The van der Waals surface area contributed by atoms with Crippen LogP contribution in [0.2, 0.25) is 0 Å². The predicted molar refractivity (Wildman–Crippen MR) is 115 cm³/mol. The topological polar surface area (TPSA) is 78.4 Å². The van der Waals surface area contributed by atoms with Crippen molar-refractivity contribution in [3.8, 4) is 0 Å². The molecule has 2 heterocycles. The summed E-state index contributed by atoms with van der Waals surface area (Å²) < 4.78 is 0. The molecule has 6 nitrogen and oxygen atoms in total. The lowest BCUT2D eigenvalue weighted by Crippen LogP contribution is -2.41. The Bertz CT molecular complexity index is 751. The van der Waals surface area contributed by atoms with E-state index in [1.165, 1.54) is 5.56 Å². The summed E-state index contributed by atoms with van der Waals surface area (Å²) >= 11 is 0. The number of amides is 1. The average Bonchev–Trinajstić information content (AvgIpc) is 2.65. The number of hydrogen-bond donors (Lipinski definition) is 3. The van der Waals surface area contributed by atoms with E-state index in [4.69, 9.17) is 0 Å². The van der Waals surface area contributed by atoms with E-state index in [1.54, 1.807) is 13.2 Å². The van der Waals surface area contributed by atoms with Crippen LogP contribution in [-0.2, 0) is 11.2 Å². The number of halogens is 1. The van der Waals surface area contributed by atoms with Gasteiger partial charge in [0.2, 0.25) is 5.91 Å². The second-order valence-electron chi connectivity index (χ2n) is 5.99. The van der Waals surface area contributed by atoms with Crippen molar-refractivity contribution < 1.29 is 4.79 Å². The zero-order valence-electron chi connectivity index (χ0n) is 14.7. The second kappa shape index (κ2) is 10.1. The number of carbonyl (C=O) groups excluding carboxylic acids is 1. The Hall–Kier alpha value is -2.16. The number of pyridine rings is 1. The van der Waals surface area contributed by atoms with E-state index in [0.29, 0.717) is 13.0 Å². The first-order valence-corrected chi connectivity index (χ1v) is 8.49. The summed E-state index contributed by atoms with van der Waals surface area (Å²) in [4.78, 5) is 20.4. The average molecular weight is 465 g/mol. The van der Waals surface area contributed by atoms with Gasteiger partial charge in [-0.25, -0.2) is 0 Å². The fourth-order valence-corrected chi connectivity index (χ4v) is 2.98. The third-order valence-electron chi connectivity index (χ3n) is 4.25. The van der Waals surface area contributed by atoms with Crippen LogP contribution in [-0.4, -0.2) is 37.0 Å². The van der Waals surface area contributed by atoms with Crippen LogP contribution in [0.3, 0.4) is 0 Å². The Morgan fingerprint density at radius 3 is 2.81 bits per heavy atom. The molecule has 0 radical (unpaired) electrons. The van der Waals surface area contributed by atoms with Gasteiger partial charge in [0.15, 0.2) is 5.96 Å². The van der Waals surface area contributed by atoms with Crippen molar-refractivity contribution in [3.63, 3.8) is 0 Å². The molecule has 1 aromatic carbocycles. The number of hydrogen-bond acceptors (Lipinski definition) is 3. The van der Waals surface area contributed by atoms with Gasteiger partial charge >= 0.3 is 0 Å². The molecule has 1 amide bonds. The van der Waals surface area contributed by atoms with Gasteiger partial charge in [-0.3, -0.25) is 14.8 Å². The van der Waals surface area contributed by atoms with Crippen LogP contribution in [0.1, 0.15) is 23.6 Å². The Balaban J connectivity index is 0.00000243. The van der Waals surface area contributed by atoms with Gasteiger partial charge in [0.05, 0.1) is 0 Å². The van der Waals surface area contributed by atoms with Crippen molar-refractivity contribution in [2.45, 2.75) is 18.8 Å². The molecule has 2 aromatic rings. The van der Waals surface area contributed by atoms with Gasteiger partial charge in [-0.15, -0.1) is 24.0 Å². The Kier molecular flexibility index (Phi) is 7.83. The van der Waals surface area contributed by atoms with E-state index in [9.17, 15) is 4.79 Å². The molecule has 0 bridgehead atoms. The van der Waals surface area contributed by atoms with Gasteiger partial charge in [0.25, 0.3) is 0 Å². The molecule has 0 fully saturated rings. The molecule has 0 aliphatic carbocycles. The third-order valence-corrected chi connectivity index (χ3v) is 4.25. The minimum atomic E-state index is 0. The van der Waals surface area contributed by atoms with Gasteiger partial charge in [0.1, 0.15) is 0 Å². The molecule has 1 aromatic heterocycles. The molecule has 1 aliphatic rings. The zero-order valence-corrected chi connectivity index (χ0v) is 17.1. The number of aromatic nitrogens is 1. The lowest BCUT2D eigenvalue weighted by Gasteiger charge is -2.26. The van der Waals surface area contributed by atoms with E-state index >= 15 is 0 Å². The Labute approximate surface area is 170 Å². The van der Waals surface area contributed by atoms with E-state index in [0.717, 1.165) is 30.3 Å². The first kappa shape index (κ1) is 20.2. The number of fused-ring (bicyclic) bond motifs is 1. The maximum Gasteiger partial charge on any atom is 0.225 e. The number of rotatable bonds is 5. The molecule has 3 N–H and O–H groups in total. The van der Waals surface area contributed by atoms with Gasteiger partial charge in [-0.2, -0.15) is 0 Å². The standard InChI is InChI=1S/C19H23N5O.HI/c1-20-19(22-11-9-15-6-4-5-10-21-15)23-13-14-12-18(25)24-17-8-3-2-7-16(14)17;/h2-8,10,14H,9,11-13H2,1H3,(H,24,25)(H2,20,22,23);1H. The van der Waals surface area contributed by atoms with Crippen molar-refractivity contribution in [3.05, 3.63) is 59.9 Å². The number of nitrogens with one attached hydrogen (secondary N) is 3. The Morgan fingerprint density at radius 2 is 2.04 bits per heavy atom. The summed E-state index contributed by atoms with van der Waals surface area (Å²) in [5.41, 5.74) is 3.12. The van der Waals surface area contributed by atoms with Crippen molar-refractivity contribution in [1.82, 2.24) is 15.6 Å². The molecule has 138 valence electrons. The number of benzene rings is 1. The molecule has 26 heavy (non-hydrogen) atoms. The van der Waals surface area contributed by atoms with Gasteiger partial charge in [0, 0.05) is 56.5 Å². The van der Waals surface area contributed by atoms with Crippen LogP contribution < -0.4 is 16.0 Å². The highest BCUT2D eigenvalue weighted by Gasteiger charge is 2.24. The molecule has 0 saturated carbocycles. The number of anilines is 1. The molecule has 1 aliphatic heterocycles. The number of nitrogens with zero attached hydrogens (tertiary/aromatic N) is 2. The molecule has 1 atom stereocenters. The number of aliphatic imine (C=N–C) groups is 1. The highest BCUT2D eigenvalue weighted by atomic mass is 127. The number of guanidine groups is 1. The van der Waals surface area contributed by atoms with Crippen LogP contribution in [0.15, 0.2) is 53.7 Å². The third kappa shape index (κ3) is 5.42. The van der Waals surface area contributed by atoms with Crippen LogP contribution in [0.5, 0.6) is 0 Å². The highest BCUT2D eigenvalue weighted by molar-refractivity contribution is 14.0. The largest absolute Gasteiger partial charge is 0.356 e. The zero-order chi connectivity index (χ0) is 17.5. The first-order chi connectivity index (χ1) is 12.3. The lowest BCUT2D eigenvalue weighted by atomic mass is 9.90. The number of carbonyl (C=O) groups is 1. The van der Waals surface area contributed by atoms with E-state index < -0.39 is 0 Å². The van der Waals surface area contributed by atoms with Gasteiger partial charge in [-0.05, 0) is 23.8 Å². The van der Waals surface area contributed by atoms with E-state index in [1.807, 2.05) is 36.4 Å². The minimum Gasteiger partial charge on any atom is -0.356 e. The fraction of sp³-hybridized carbons (Fsp3) is 0.316. The van der Waals surface area contributed by atoms with Crippen LogP contribution >= 0.6 is 24.0 Å². The predicted octanol–water partition coefficient (Wildman–Crippen LogP) is 2.53. The van der Waals surface area contributed by atoms with Crippen LogP contribution in [0.4, 0.5) is 5.69 Å². The van der Waals surface area contributed by atoms with E-state index in [-0.39, 0.29) is 35.8 Å². The first-order valence-electron chi connectivity index (χ1n) is 8.49. The van der Waals surface area contributed by atoms with Crippen molar-refractivity contribution >= 4 is 41.5 Å². The fourth-order valence-electron chi connectivity index (χ4n) is 2.98. The number of para-hydroxylation sites is 1. The molecule has 1 unspecified atom stereocenters. The van der Waals surface area contributed by atoms with Crippen molar-refractivity contribution in [2.75, 3.05) is 25.5 Å². The summed E-state index contributed by atoms with van der Waals surface area (Å²) in [5, 5.41) is 9.54. The molecule has 0 saturated heterocycles. The summed E-state index contributed by atoms with van der Waals surface area (Å²) in [6, 6.07) is 13.9. The second-order valence-corrected chi connectivity index (χ2v) is 5.99. The van der Waals surface area contributed by atoms with E-state index in [2.05, 4.69) is 32.0 Å². The van der Waals surface area contributed by atoms with Gasteiger partial charge in [-0.1, -0.05) is 24.3 Å². The molecule has 0 spiro atoms. The summed E-state index contributed by atoms with van der Waals surface area (Å²) in [5.74, 6) is 0.933. The van der Waals surface area contributed by atoms with Crippen LogP contribution in [0, 0.1) is 0 Å². The molecule has 3 rings (SSSR count). The molecule has 7 heteroatoms. The monoisotopic (exact) mass is 465 g/mol. The Morgan fingerprint density at radius 1 is 1.23 bits per heavy atom. The van der Waals surface area contributed by atoms with Crippen molar-refractivity contribution in [2.24, 2.45) is 4.99 Å². The maximum atomic E-state index is 11.9. The lowest BCUT2D eigenvalue weighted by molar-refractivity contribution is -0.116. The normalized spacial score (nSPS) is 16.1. The summed E-state index contributed by atoms with van der Waals surface area (Å²) in [6.07, 6.45) is 3.11. The minimum absolute atomic E-state index is 0. The smallest absolute Gasteiger partial charge is 0.225 e. The van der Waals surface area contributed by atoms with Crippen molar-refractivity contribution in [1.29, 1.82) is 0 Å². The molecular formula is C19H24IN5O. The highest BCUT2D eigenvalue weighted by Crippen LogP contribution is 2.31. The SMILES string of the molecule is CN=C(NCCc1ccccn1)NCC1CC(=O)Nc2ccccc21.I. The summed E-state index contributed by atoms with van der Waals surface area (Å²) in [7, 11) is 1.75. The van der Waals surface area contributed by atoms with Crippen LogP contribution in [0.25, 0.3) is 0 Å². The maximum absolute atomic E-state index is 11.9. The summed E-state index contributed by atoms with van der Waals surface area (Å²) in [6.45, 7) is 1.41.